The van der Waals surface area contributed by atoms with Gasteiger partial charge in [-0.05, 0) is 68.0 Å². The molecule has 0 aliphatic carbocycles. The molecule has 1 amide bonds. The standard InChI is InChI=1S/C27H32N2O4S2/c1-3-33-25-16-14-24(15-17-25)29(35(31,32)26-8-5-4-6-9-26)20-27(30)28-18-7-19-34-21-23-12-10-22(2)11-13-23/h4-6,8-17H,3,7,18-21H2,1-2H3,(H,28,30). The van der Waals surface area contributed by atoms with Crippen molar-refractivity contribution in [3.8, 4) is 5.75 Å². The molecular formula is C27H32N2O4S2. The first kappa shape index (κ1) is 26.6. The molecule has 3 rings (SSSR count). The lowest BCUT2D eigenvalue weighted by atomic mass is 10.2. The van der Waals surface area contributed by atoms with Gasteiger partial charge in [0.2, 0.25) is 5.91 Å². The van der Waals surface area contributed by atoms with Crippen molar-refractivity contribution in [2.45, 2.75) is 30.9 Å². The van der Waals surface area contributed by atoms with Crippen LogP contribution in [0.15, 0.2) is 83.8 Å². The fourth-order valence-electron chi connectivity index (χ4n) is 3.37. The van der Waals surface area contributed by atoms with Gasteiger partial charge in [0, 0.05) is 12.3 Å². The van der Waals surface area contributed by atoms with E-state index in [4.69, 9.17) is 4.74 Å². The second kappa shape index (κ2) is 13.2. The zero-order valence-electron chi connectivity index (χ0n) is 20.1. The monoisotopic (exact) mass is 512 g/mol. The molecule has 8 heteroatoms. The average molecular weight is 513 g/mol. The van der Waals surface area contributed by atoms with Crippen LogP contribution in [0, 0.1) is 6.92 Å². The Labute approximate surface area is 212 Å². The van der Waals surface area contributed by atoms with Crippen molar-refractivity contribution in [3.05, 3.63) is 90.0 Å². The summed E-state index contributed by atoms with van der Waals surface area (Å²) in [4.78, 5) is 12.8. The van der Waals surface area contributed by atoms with E-state index in [1.165, 1.54) is 23.3 Å². The van der Waals surface area contributed by atoms with E-state index in [2.05, 4.69) is 36.5 Å². The van der Waals surface area contributed by atoms with Crippen molar-refractivity contribution >= 4 is 33.4 Å². The zero-order chi connectivity index (χ0) is 25.1. The molecule has 0 saturated heterocycles. The van der Waals surface area contributed by atoms with Gasteiger partial charge in [-0.25, -0.2) is 8.42 Å². The van der Waals surface area contributed by atoms with Crippen LogP contribution >= 0.6 is 11.8 Å². The Balaban J connectivity index is 1.58. The molecule has 0 saturated carbocycles. The van der Waals surface area contributed by atoms with Crippen molar-refractivity contribution in [2.75, 3.05) is 29.8 Å². The lowest BCUT2D eigenvalue weighted by Crippen LogP contribution is -2.41. The smallest absolute Gasteiger partial charge is 0.264 e. The highest BCUT2D eigenvalue weighted by molar-refractivity contribution is 7.98. The maximum absolute atomic E-state index is 13.4. The molecule has 0 heterocycles. The summed E-state index contributed by atoms with van der Waals surface area (Å²) in [7, 11) is -3.92. The molecule has 0 bridgehead atoms. The first-order chi connectivity index (χ1) is 16.9. The first-order valence-electron chi connectivity index (χ1n) is 11.6. The molecule has 0 aliphatic rings. The fraction of sp³-hybridized carbons (Fsp3) is 0.296. The van der Waals surface area contributed by atoms with E-state index in [-0.39, 0.29) is 17.3 Å². The number of nitrogens with one attached hydrogen (secondary N) is 1. The third-order valence-electron chi connectivity index (χ3n) is 5.23. The summed E-state index contributed by atoms with van der Waals surface area (Å²) in [6, 6.07) is 23.3. The van der Waals surface area contributed by atoms with E-state index in [9.17, 15) is 13.2 Å². The van der Waals surface area contributed by atoms with Crippen LogP contribution < -0.4 is 14.4 Å². The molecule has 1 N–H and O–H groups in total. The van der Waals surface area contributed by atoms with Crippen molar-refractivity contribution in [2.24, 2.45) is 0 Å². The average Bonchev–Trinajstić information content (AvgIpc) is 2.87. The SMILES string of the molecule is CCOc1ccc(N(CC(=O)NCCCSCc2ccc(C)cc2)S(=O)(=O)c2ccccc2)cc1. The van der Waals surface area contributed by atoms with Crippen LogP contribution in [-0.4, -0.2) is 39.8 Å². The predicted octanol–water partition coefficient (Wildman–Crippen LogP) is 5.03. The number of anilines is 1. The Morgan fingerprint density at radius 3 is 2.31 bits per heavy atom. The van der Waals surface area contributed by atoms with Gasteiger partial charge in [0.25, 0.3) is 10.0 Å². The van der Waals surface area contributed by atoms with Gasteiger partial charge in [-0.2, -0.15) is 11.8 Å². The molecule has 6 nitrogen and oxygen atoms in total. The molecule has 0 spiro atoms. The molecular weight excluding hydrogens is 480 g/mol. The van der Waals surface area contributed by atoms with Crippen LogP contribution in [0.5, 0.6) is 5.75 Å². The Morgan fingerprint density at radius 2 is 1.66 bits per heavy atom. The van der Waals surface area contributed by atoms with Gasteiger partial charge < -0.3 is 10.1 Å². The minimum atomic E-state index is -3.92. The number of rotatable bonds is 13. The van der Waals surface area contributed by atoms with Crippen molar-refractivity contribution in [1.82, 2.24) is 5.32 Å². The van der Waals surface area contributed by atoms with Crippen LogP contribution in [-0.2, 0) is 20.6 Å². The molecule has 0 aliphatic heterocycles. The minimum Gasteiger partial charge on any atom is -0.494 e. The predicted molar refractivity (Wildman–Crippen MR) is 144 cm³/mol. The third-order valence-corrected chi connectivity index (χ3v) is 8.13. The molecule has 0 unspecified atom stereocenters. The third kappa shape index (κ3) is 8.04. The van der Waals surface area contributed by atoms with E-state index in [1.807, 2.05) is 18.7 Å². The zero-order valence-corrected chi connectivity index (χ0v) is 21.8. The number of thioether (sulfide) groups is 1. The molecule has 0 aromatic heterocycles. The maximum Gasteiger partial charge on any atom is 0.264 e. The highest BCUT2D eigenvalue weighted by Gasteiger charge is 2.27. The van der Waals surface area contributed by atoms with Gasteiger partial charge in [0.05, 0.1) is 17.2 Å². The van der Waals surface area contributed by atoms with Crippen molar-refractivity contribution < 1.29 is 17.9 Å². The van der Waals surface area contributed by atoms with Gasteiger partial charge in [-0.3, -0.25) is 9.10 Å². The van der Waals surface area contributed by atoms with Gasteiger partial charge in [0.1, 0.15) is 12.3 Å². The molecule has 186 valence electrons. The highest BCUT2D eigenvalue weighted by Crippen LogP contribution is 2.25. The molecule has 0 radical (unpaired) electrons. The molecule has 3 aromatic rings. The lowest BCUT2D eigenvalue weighted by molar-refractivity contribution is -0.119. The topological polar surface area (TPSA) is 75.7 Å². The minimum absolute atomic E-state index is 0.134. The van der Waals surface area contributed by atoms with Crippen LogP contribution in [0.1, 0.15) is 24.5 Å². The summed E-state index contributed by atoms with van der Waals surface area (Å²) in [5.74, 6) is 2.12. The number of hydrogen-bond acceptors (Lipinski definition) is 5. The van der Waals surface area contributed by atoms with E-state index in [0.29, 0.717) is 24.6 Å². The van der Waals surface area contributed by atoms with Crippen LogP contribution in [0.2, 0.25) is 0 Å². The quantitative estimate of drug-likeness (QED) is 0.325. The van der Waals surface area contributed by atoms with E-state index < -0.39 is 10.0 Å². The number of benzene rings is 3. The largest absolute Gasteiger partial charge is 0.494 e. The fourth-order valence-corrected chi connectivity index (χ4v) is 5.74. The Bertz CT molecular complexity index is 1170. The number of hydrogen-bond donors (Lipinski definition) is 1. The molecule has 3 aromatic carbocycles. The summed E-state index contributed by atoms with van der Waals surface area (Å²) >= 11 is 1.81. The van der Waals surface area contributed by atoms with E-state index in [1.54, 1.807) is 42.5 Å². The Kier molecular flexibility index (Phi) is 10.0. The lowest BCUT2D eigenvalue weighted by Gasteiger charge is -2.24. The molecule has 0 atom stereocenters. The summed E-state index contributed by atoms with van der Waals surface area (Å²) in [5, 5.41) is 2.86. The number of amides is 1. The Morgan fingerprint density at radius 1 is 0.971 bits per heavy atom. The van der Waals surface area contributed by atoms with Crippen LogP contribution in [0.4, 0.5) is 5.69 Å². The molecule has 0 fully saturated rings. The summed E-state index contributed by atoms with van der Waals surface area (Å²) in [6.07, 6.45) is 0.802. The first-order valence-corrected chi connectivity index (χ1v) is 14.2. The van der Waals surface area contributed by atoms with Crippen molar-refractivity contribution in [1.29, 1.82) is 0 Å². The number of nitrogens with zero attached hydrogens (tertiary/aromatic N) is 1. The van der Waals surface area contributed by atoms with Gasteiger partial charge >= 0.3 is 0 Å². The summed E-state index contributed by atoms with van der Waals surface area (Å²) in [6.45, 7) is 4.65. The van der Waals surface area contributed by atoms with E-state index in [0.717, 1.165) is 22.2 Å². The number of ether oxygens (including phenoxy) is 1. The van der Waals surface area contributed by atoms with Crippen LogP contribution in [0.3, 0.4) is 0 Å². The van der Waals surface area contributed by atoms with Gasteiger partial charge in [0.15, 0.2) is 0 Å². The number of carbonyl (C=O) groups is 1. The highest BCUT2D eigenvalue weighted by atomic mass is 32.2. The summed E-state index contributed by atoms with van der Waals surface area (Å²) in [5.41, 5.74) is 2.93. The second-order valence-electron chi connectivity index (χ2n) is 7.99. The number of aryl methyl sites for hydroxylation is 1. The van der Waals surface area contributed by atoms with Crippen LogP contribution in [0.25, 0.3) is 0 Å². The van der Waals surface area contributed by atoms with Crippen molar-refractivity contribution in [3.63, 3.8) is 0 Å². The second-order valence-corrected chi connectivity index (χ2v) is 11.0. The van der Waals surface area contributed by atoms with E-state index >= 15 is 0 Å². The maximum atomic E-state index is 13.4. The van der Waals surface area contributed by atoms with Gasteiger partial charge in [-0.1, -0.05) is 48.0 Å². The summed E-state index contributed by atoms with van der Waals surface area (Å²) < 4.78 is 33.3. The normalized spacial score (nSPS) is 11.1. The van der Waals surface area contributed by atoms with Gasteiger partial charge in [-0.15, -0.1) is 0 Å². The number of sulfonamides is 1. The number of carbonyl (C=O) groups excluding carboxylic acids is 1. The Hall–Kier alpha value is -2.97. The molecule has 35 heavy (non-hydrogen) atoms.